The lowest BCUT2D eigenvalue weighted by molar-refractivity contribution is -0.118. The van der Waals surface area contributed by atoms with Gasteiger partial charge in [-0.1, -0.05) is 0 Å². The van der Waals surface area contributed by atoms with Crippen molar-refractivity contribution in [1.82, 2.24) is 29.3 Å². The number of nitrogens with two attached hydrogens (primary N) is 1. The zero-order valence-corrected chi connectivity index (χ0v) is 17.7. The largest absolute Gasteiger partial charge is 0.370 e. The van der Waals surface area contributed by atoms with Gasteiger partial charge in [-0.25, -0.2) is 9.78 Å². The highest BCUT2D eigenvalue weighted by atomic mass is 32.1. The van der Waals surface area contributed by atoms with Crippen molar-refractivity contribution in [1.29, 1.82) is 0 Å². The number of carbonyl (C=O) groups is 2. The van der Waals surface area contributed by atoms with Gasteiger partial charge in [-0.05, 0) is 24.3 Å². The Bertz CT molecular complexity index is 1540. The average Bonchev–Trinajstić information content (AvgIpc) is 3.52. The van der Waals surface area contributed by atoms with E-state index in [4.69, 9.17) is 5.73 Å². The van der Waals surface area contributed by atoms with Gasteiger partial charge in [0.25, 0.3) is 5.91 Å². The Morgan fingerprint density at radius 1 is 1.25 bits per heavy atom. The van der Waals surface area contributed by atoms with Gasteiger partial charge >= 0.3 is 5.69 Å². The molecule has 0 bridgehead atoms. The monoisotopic (exact) mass is 450 g/mol. The number of aromatic amines is 2. The van der Waals surface area contributed by atoms with E-state index in [1.807, 2.05) is 6.07 Å². The first-order valence-electron chi connectivity index (χ1n) is 9.68. The van der Waals surface area contributed by atoms with Crippen LogP contribution in [0, 0.1) is 0 Å². The van der Waals surface area contributed by atoms with Gasteiger partial charge < -0.3 is 15.3 Å². The van der Waals surface area contributed by atoms with E-state index in [1.54, 1.807) is 42.2 Å². The highest BCUT2D eigenvalue weighted by Crippen LogP contribution is 2.29. The van der Waals surface area contributed by atoms with Crippen LogP contribution in [-0.2, 0) is 18.4 Å². The summed E-state index contributed by atoms with van der Waals surface area (Å²) in [5.41, 5.74) is 8.56. The maximum absolute atomic E-state index is 12.9. The number of nitrogens with zero attached hydrogens (tertiary/aromatic N) is 4. The van der Waals surface area contributed by atoms with Gasteiger partial charge in [0.15, 0.2) is 0 Å². The number of primary amides is 1. The first-order chi connectivity index (χ1) is 15.4. The molecule has 4 aromatic heterocycles. The van der Waals surface area contributed by atoms with E-state index >= 15 is 0 Å². The lowest BCUT2D eigenvalue weighted by Gasteiger charge is -2.09. The third-order valence-electron chi connectivity index (χ3n) is 5.19. The van der Waals surface area contributed by atoms with E-state index in [0.29, 0.717) is 32.9 Å². The predicted molar refractivity (Wildman–Crippen MR) is 120 cm³/mol. The molecule has 0 spiro atoms. The molecule has 2 amide bonds. The van der Waals surface area contributed by atoms with Crippen LogP contribution in [0.5, 0.6) is 0 Å². The molecule has 0 fully saturated rings. The van der Waals surface area contributed by atoms with Crippen LogP contribution in [0.15, 0.2) is 41.5 Å². The summed E-state index contributed by atoms with van der Waals surface area (Å²) < 4.78 is 3.21. The second kappa shape index (κ2) is 7.50. The second-order valence-corrected chi connectivity index (χ2v) is 8.34. The number of fused-ring (bicyclic) bond motifs is 2. The molecule has 5 rings (SSSR count). The summed E-state index contributed by atoms with van der Waals surface area (Å²) in [7, 11) is 1.66. The topological polar surface area (TPSA) is 156 Å². The van der Waals surface area contributed by atoms with Gasteiger partial charge in [0.05, 0.1) is 33.1 Å². The molecule has 0 saturated carbocycles. The third kappa shape index (κ3) is 3.36. The van der Waals surface area contributed by atoms with E-state index < -0.39 is 5.91 Å². The summed E-state index contributed by atoms with van der Waals surface area (Å²) in [6, 6.07) is 7.13. The van der Waals surface area contributed by atoms with E-state index in [-0.39, 0.29) is 24.6 Å². The summed E-state index contributed by atoms with van der Waals surface area (Å²) >= 11 is 1.33. The van der Waals surface area contributed by atoms with Crippen molar-refractivity contribution < 1.29 is 9.59 Å². The van der Waals surface area contributed by atoms with Crippen LogP contribution in [0.2, 0.25) is 0 Å². The summed E-state index contributed by atoms with van der Waals surface area (Å²) in [6.07, 6.45) is 3.51. The van der Waals surface area contributed by atoms with Crippen LogP contribution < -0.4 is 16.7 Å². The molecule has 0 aliphatic carbocycles. The quantitative estimate of drug-likeness (QED) is 0.310. The van der Waals surface area contributed by atoms with Crippen molar-refractivity contribution in [3.05, 3.63) is 52.0 Å². The molecule has 0 aliphatic rings. The zero-order chi connectivity index (χ0) is 22.4. The van der Waals surface area contributed by atoms with Crippen LogP contribution in [0.25, 0.3) is 32.5 Å². The first kappa shape index (κ1) is 19.8. The number of hydrogen-bond acceptors (Lipinski definition) is 6. The third-order valence-corrected chi connectivity index (χ3v) is 6.33. The van der Waals surface area contributed by atoms with Crippen molar-refractivity contribution >= 4 is 51.2 Å². The van der Waals surface area contributed by atoms with Crippen LogP contribution in [0.3, 0.4) is 0 Å². The Balaban J connectivity index is 1.53. The second-order valence-electron chi connectivity index (χ2n) is 7.26. The highest BCUT2D eigenvalue weighted by molar-refractivity contribution is 7.17. The number of hydrogen-bond donors (Lipinski definition) is 4. The van der Waals surface area contributed by atoms with Crippen molar-refractivity contribution in [3.8, 4) is 10.4 Å². The fourth-order valence-electron chi connectivity index (χ4n) is 3.55. The lowest BCUT2D eigenvalue weighted by atomic mass is 10.2. The molecule has 0 radical (unpaired) electrons. The maximum Gasteiger partial charge on any atom is 0.326 e. The first-order valence-corrected chi connectivity index (χ1v) is 10.5. The van der Waals surface area contributed by atoms with E-state index in [0.717, 1.165) is 10.4 Å². The molecule has 0 unspecified atom stereocenters. The minimum absolute atomic E-state index is 0.0715. The van der Waals surface area contributed by atoms with Crippen LogP contribution in [0.1, 0.15) is 16.1 Å². The van der Waals surface area contributed by atoms with Crippen molar-refractivity contribution in [3.63, 3.8) is 0 Å². The van der Waals surface area contributed by atoms with Crippen LogP contribution >= 0.6 is 11.3 Å². The van der Waals surface area contributed by atoms with Gasteiger partial charge in [0.1, 0.15) is 0 Å². The number of H-pyrrole nitrogens is 2. The molecule has 162 valence electrons. The Morgan fingerprint density at radius 3 is 2.84 bits per heavy atom. The van der Waals surface area contributed by atoms with Crippen LogP contribution in [-0.4, -0.2) is 41.1 Å². The molecule has 5 aromatic rings. The molecule has 12 heteroatoms. The number of amides is 2. The summed E-state index contributed by atoms with van der Waals surface area (Å²) in [5.74, 6) is -0.497. The minimum Gasteiger partial charge on any atom is -0.370 e. The highest BCUT2D eigenvalue weighted by Gasteiger charge is 2.18. The number of aromatic nitrogens is 6. The van der Waals surface area contributed by atoms with Crippen molar-refractivity contribution in [2.45, 2.75) is 13.0 Å². The molecule has 4 heterocycles. The molecule has 0 aliphatic heterocycles. The number of nitrogens with one attached hydrogen (secondary N) is 3. The molecular weight excluding hydrogens is 432 g/mol. The lowest BCUT2D eigenvalue weighted by Crippen LogP contribution is -2.18. The molecule has 5 N–H and O–H groups in total. The normalized spacial score (nSPS) is 11.4. The smallest absolute Gasteiger partial charge is 0.326 e. The molecule has 0 atom stereocenters. The summed E-state index contributed by atoms with van der Waals surface area (Å²) in [6.45, 7) is 0.232. The fraction of sp³-hybridized carbons (Fsp3) is 0.150. The van der Waals surface area contributed by atoms with Gasteiger partial charge in [-0.15, -0.1) is 11.3 Å². The fourth-order valence-corrected chi connectivity index (χ4v) is 4.44. The Hall–Kier alpha value is -4.19. The molecule has 32 heavy (non-hydrogen) atoms. The molecule has 11 nitrogen and oxygen atoms in total. The predicted octanol–water partition coefficient (Wildman–Crippen LogP) is 1.80. The maximum atomic E-state index is 12.9. The minimum atomic E-state index is -0.470. The number of carbonyl (C=O) groups excluding carboxylic acids is 2. The van der Waals surface area contributed by atoms with Gasteiger partial charge in [0.2, 0.25) is 11.9 Å². The Morgan fingerprint density at radius 2 is 2.09 bits per heavy atom. The number of aryl methyl sites for hydroxylation is 2. The van der Waals surface area contributed by atoms with Gasteiger partial charge in [0, 0.05) is 36.7 Å². The molecule has 1 aromatic carbocycles. The Kier molecular flexibility index (Phi) is 4.63. The molecule has 0 saturated heterocycles. The van der Waals surface area contributed by atoms with Gasteiger partial charge in [-0.2, -0.15) is 5.10 Å². The van der Waals surface area contributed by atoms with E-state index in [1.165, 1.54) is 15.9 Å². The van der Waals surface area contributed by atoms with Gasteiger partial charge in [-0.3, -0.25) is 24.6 Å². The number of imidazole rings is 2. The van der Waals surface area contributed by atoms with E-state index in [2.05, 4.69) is 25.5 Å². The number of benzene rings is 1. The summed E-state index contributed by atoms with van der Waals surface area (Å²) in [4.78, 5) is 45.0. The SMILES string of the molecule is Cn1c(=O)[nH]c2cc3nc(NC(=O)c4ccc(-c5cn[nH]c5)s4)n(CCC(N)=O)c3cc21. The molecular formula is C20H18N8O3S. The van der Waals surface area contributed by atoms with Crippen molar-refractivity contribution in [2.24, 2.45) is 12.8 Å². The zero-order valence-electron chi connectivity index (χ0n) is 16.9. The number of rotatable bonds is 6. The van der Waals surface area contributed by atoms with Crippen molar-refractivity contribution in [2.75, 3.05) is 5.32 Å². The number of thiophene rings is 1. The van der Waals surface area contributed by atoms with E-state index in [9.17, 15) is 14.4 Å². The summed E-state index contributed by atoms with van der Waals surface area (Å²) in [5, 5.41) is 9.52. The number of anilines is 1. The average molecular weight is 450 g/mol. The Labute approximate surface area is 183 Å². The van der Waals surface area contributed by atoms with Crippen LogP contribution in [0.4, 0.5) is 5.95 Å². The standard InChI is InChI=1S/C20H18N8O3S/c1-27-13-7-14-12(6-11(13)25-20(27)31)24-19(28(14)5-4-17(21)29)26-18(30)16-3-2-15(32-16)10-8-22-23-9-10/h2-3,6-9H,4-5H2,1H3,(H2,21,29)(H,22,23)(H,25,31)(H,24,26,30).